The molecule has 2 aromatic rings. The largest absolute Gasteiger partial charge is 0.464 e. The van der Waals surface area contributed by atoms with Gasteiger partial charge in [-0.3, -0.25) is 4.79 Å². The number of hydrogen-bond acceptors (Lipinski definition) is 6. The van der Waals surface area contributed by atoms with E-state index in [0.29, 0.717) is 42.4 Å². The van der Waals surface area contributed by atoms with E-state index in [1.807, 2.05) is 18.2 Å². The zero-order valence-corrected chi connectivity index (χ0v) is 14.3. The van der Waals surface area contributed by atoms with Crippen LogP contribution in [0.15, 0.2) is 29.1 Å². The number of carbonyl (C=O) groups is 1. The van der Waals surface area contributed by atoms with E-state index in [4.69, 9.17) is 17.0 Å². The number of cyclic esters (lactones) is 1. The standard InChI is InChI=1S/C16H19N5O3S/c22-14-11-5-2-1-4-10(11)13(20-21-14)17-7-3-8-18-16(25)19-12-6-9-24-15(12)23/h1-2,4-5,12H,3,6-9H2,(H,17,20)(H,21,22)(H2,18,19,25). The molecule has 0 spiro atoms. The molecule has 1 aliphatic heterocycles. The molecule has 25 heavy (non-hydrogen) atoms. The van der Waals surface area contributed by atoms with Gasteiger partial charge in [-0.15, -0.1) is 0 Å². The van der Waals surface area contributed by atoms with E-state index in [1.54, 1.807) is 6.07 Å². The third-order valence-corrected chi connectivity index (χ3v) is 4.13. The van der Waals surface area contributed by atoms with Gasteiger partial charge in [-0.2, -0.15) is 5.10 Å². The Balaban J connectivity index is 1.43. The van der Waals surface area contributed by atoms with Crippen molar-refractivity contribution < 1.29 is 9.53 Å². The number of ether oxygens (including phenoxy) is 1. The molecule has 132 valence electrons. The molecule has 3 rings (SSSR count). The number of rotatable bonds is 6. The zero-order valence-electron chi connectivity index (χ0n) is 13.5. The highest BCUT2D eigenvalue weighted by molar-refractivity contribution is 7.80. The summed E-state index contributed by atoms with van der Waals surface area (Å²) in [5.74, 6) is 0.381. The fourth-order valence-corrected chi connectivity index (χ4v) is 2.83. The first-order chi connectivity index (χ1) is 12.1. The fourth-order valence-electron chi connectivity index (χ4n) is 2.58. The molecule has 8 nitrogen and oxygen atoms in total. The minimum Gasteiger partial charge on any atom is -0.464 e. The lowest BCUT2D eigenvalue weighted by atomic mass is 10.2. The lowest BCUT2D eigenvalue weighted by molar-refractivity contribution is -0.139. The number of nitrogens with zero attached hydrogens (tertiary/aromatic N) is 1. The normalized spacial score (nSPS) is 16.5. The molecule has 0 amide bonds. The lowest BCUT2D eigenvalue weighted by Crippen LogP contribution is -2.44. The van der Waals surface area contributed by atoms with Crippen molar-refractivity contribution in [2.24, 2.45) is 0 Å². The van der Waals surface area contributed by atoms with Crippen LogP contribution in [0, 0.1) is 0 Å². The third-order valence-electron chi connectivity index (χ3n) is 3.87. The van der Waals surface area contributed by atoms with Gasteiger partial charge in [0.1, 0.15) is 6.04 Å². The van der Waals surface area contributed by atoms with Gasteiger partial charge in [0, 0.05) is 24.9 Å². The molecule has 1 atom stereocenters. The maximum Gasteiger partial charge on any atom is 0.328 e. The van der Waals surface area contributed by atoms with Gasteiger partial charge >= 0.3 is 5.97 Å². The van der Waals surface area contributed by atoms with Gasteiger partial charge < -0.3 is 20.7 Å². The number of aromatic nitrogens is 2. The van der Waals surface area contributed by atoms with E-state index in [-0.39, 0.29) is 17.6 Å². The average molecular weight is 361 g/mol. The SMILES string of the molecule is O=C1OCCC1NC(=S)NCCCNc1n[nH]c(=O)c2ccccc12. The highest BCUT2D eigenvalue weighted by Gasteiger charge is 2.26. The molecule has 0 radical (unpaired) electrons. The van der Waals surface area contributed by atoms with E-state index in [0.717, 1.165) is 11.8 Å². The molecule has 0 aliphatic carbocycles. The molecule has 1 saturated heterocycles. The number of esters is 1. The molecule has 1 aliphatic rings. The van der Waals surface area contributed by atoms with Crippen LogP contribution in [0.2, 0.25) is 0 Å². The van der Waals surface area contributed by atoms with Gasteiger partial charge in [-0.25, -0.2) is 9.89 Å². The fraction of sp³-hybridized carbons (Fsp3) is 0.375. The molecule has 4 N–H and O–H groups in total. The molecule has 1 aromatic carbocycles. The van der Waals surface area contributed by atoms with Crippen molar-refractivity contribution in [2.75, 3.05) is 25.0 Å². The van der Waals surface area contributed by atoms with Crippen molar-refractivity contribution in [3.05, 3.63) is 34.6 Å². The number of fused-ring (bicyclic) bond motifs is 1. The Morgan fingerprint density at radius 1 is 1.28 bits per heavy atom. The van der Waals surface area contributed by atoms with Crippen molar-refractivity contribution >= 4 is 39.9 Å². The highest BCUT2D eigenvalue weighted by atomic mass is 32.1. The van der Waals surface area contributed by atoms with Crippen molar-refractivity contribution in [3.8, 4) is 0 Å². The number of anilines is 1. The smallest absolute Gasteiger partial charge is 0.328 e. The van der Waals surface area contributed by atoms with Gasteiger partial charge in [0.2, 0.25) is 0 Å². The van der Waals surface area contributed by atoms with Crippen LogP contribution in [0.1, 0.15) is 12.8 Å². The number of thiocarbonyl (C=S) groups is 1. The molecule has 0 saturated carbocycles. The van der Waals surface area contributed by atoms with Crippen molar-refractivity contribution in [2.45, 2.75) is 18.9 Å². The summed E-state index contributed by atoms with van der Waals surface area (Å²) in [5.41, 5.74) is -0.204. The van der Waals surface area contributed by atoms with Crippen LogP contribution >= 0.6 is 12.2 Å². The summed E-state index contributed by atoms with van der Waals surface area (Å²) in [6, 6.07) is 6.96. The highest BCUT2D eigenvalue weighted by Crippen LogP contribution is 2.16. The summed E-state index contributed by atoms with van der Waals surface area (Å²) >= 11 is 5.16. The number of carbonyl (C=O) groups excluding carboxylic acids is 1. The van der Waals surface area contributed by atoms with E-state index < -0.39 is 0 Å². The van der Waals surface area contributed by atoms with E-state index >= 15 is 0 Å². The molecule has 1 fully saturated rings. The first-order valence-corrected chi connectivity index (χ1v) is 8.48. The summed E-state index contributed by atoms with van der Waals surface area (Å²) < 4.78 is 4.87. The van der Waals surface area contributed by atoms with Crippen molar-refractivity contribution in [1.82, 2.24) is 20.8 Å². The minimum absolute atomic E-state index is 0.204. The van der Waals surface area contributed by atoms with E-state index in [9.17, 15) is 9.59 Å². The average Bonchev–Trinajstić information content (AvgIpc) is 3.01. The third kappa shape index (κ3) is 4.24. The van der Waals surface area contributed by atoms with E-state index in [1.165, 1.54) is 0 Å². The molecule has 1 unspecified atom stereocenters. The van der Waals surface area contributed by atoms with Crippen LogP contribution in [-0.4, -0.2) is 47.0 Å². The Bertz CT molecular complexity index is 838. The summed E-state index contributed by atoms with van der Waals surface area (Å²) in [4.78, 5) is 23.1. The Hall–Kier alpha value is -2.68. The second-order valence-electron chi connectivity index (χ2n) is 5.64. The minimum atomic E-state index is -0.352. The molecule has 9 heteroatoms. The van der Waals surface area contributed by atoms with E-state index in [2.05, 4.69) is 26.1 Å². The quantitative estimate of drug-likeness (QED) is 0.335. The van der Waals surface area contributed by atoms with Gasteiger partial charge in [-0.05, 0) is 24.7 Å². The van der Waals surface area contributed by atoms with Crippen LogP contribution in [0.5, 0.6) is 0 Å². The zero-order chi connectivity index (χ0) is 17.6. The second-order valence-corrected chi connectivity index (χ2v) is 6.04. The Morgan fingerprint density at radius 3 is 2.84 bits per heavy atom. The number of benzene rings is 1. The Labute approximate surface area is 149 Å². The monoisotopic (exact) mass is 361 g/mol. The summed E-state index contributed by atoms with van der Waals surface area (Å²) in [6.07, 6.45) is 1.42. The molecular formula is C16H19N5O3S. The van der Waals surface area contributed by atoms with Crippen LogP contribution < -0.4 is 21.5 Å². The topological polar surface area (TPSA) is 108 Å². The predicted molar refractivity (Wildman–Crippen MR) is 98.6 cm³/mol. The number of hydrogen-bond donors (Lipinski definition) is 4. The Kier molecular flexibility index (Phi) is 5.44. The number of nitrogens with one attached hydrogen (secondary N) is 4. The van der Waals surface area contributed by atoms with Crippen molar-refractivity contribution in [3.63, 3.8) is 0 Å². The molecule has 2 heterocycles. The first kappa shape index (κ1) is 17.2. The second kappa shape index (κ2) is 7.93. The van der Waals surface area contributed by atoms with Gasteiger partial charge in [0.25, 0.3) is 5.56 Å². The van der Waals surface area contributed by atoms with Gasteiger partial charge in [0.15, 0.2) is 10.9 Å². The lowest BCUT2D eigenvalue weighted by Gasteiger charge is -2.13. The molecule has 1 aromatic heterocycles. The van der Waals surface area contributed by atoms with Crippen LogP contribution in [0.4, 0.5) is 5.82 Å². The predicted octanol–water partition coefficient (Wildman–Crippen LogP) is 0.505. The number of aromatic amines is 1. The number of H-pyrrole nitrogens is 1. The van der Waals surface area contributed by atoms with Gasteiger partial charge in [-0.1, -0.05) is 18.2 Å². The summed E-state index contributed by atoms with van der Waals surface area (Å²) in [6.45, 7) is 1.73. The van der Waals surface area contributed by atoms with Gasteiger partial charge in [0.05, 0.1) is 12.0 Å². The van der Waals surface area contributed by atoms with Crippen LogP contribution in [0.25, 0.3) is 10.8 Å². The van der Waals surface area contributed by atoms with Crippen molar-refractivity contribution in [1.29, 1.82) is 0 Å². The Morgan fingerprint density at radius 2 is 2.08 bits per heavy atom. The van der Waals surface area contributed by atoms with Crippen LogP contribution in [0.3, 0.4) is 0 Å². The molecule has 0 bridgehead atoms. The summed E-state index contributed by atoms with van der Waals surface area (Å²) in [7, 11) is 0. The first-order valence-electron chi connectivity index (χ1n) is 8.07. The molecular weight excluding hydrogens is 342 g/mol. The van der Waals surface area contributed by atoms with Crippen LogP contribution in [-0.2, 0) is 9.53 Å². The summed E-state index contributed by atoms with van der Waals surface area (Å²) in [5, 5.41) is 17.6. The maximum absolute atomic E-state index is 11.7. The maximum atomic E-state index is 11.7.